The minimum absolute atomic E-state index is 0.0687. The van der Waals surface area contributed by atoms with Gasteiger partial charge in [0.15, 0.2) is 0 Å². The number of hydrazine groups is 1. The van der Waals surface area contributed by atoms with Crippen LogP contribution in [0, 0.1) is 0 Å². The maximum atomic E-state index is 12.0. The zero-order chi connectivity index (χ0) is 13.1. The van der Waals surface area contributed by atoms with Crippen LogP contribution in [0.15, 0.2) is 30.9 Å². The standard InChI is InChI=1S/C11H13N7O/c19-10(15-11-13-6-14-18-11)9-4-8(16-17-9)7-2-1-3-12-5-7/h1-3,5-6,8-9,16-17H,4H2,(H2,13,14,15,18,19). The van der Waals surface area contributed by atoms with Crippen molar-refractivity contribution in [3.8, 4) is 0 Å². The molecule has 0 bridgehead atoms. The van der Waals surface area contributed by atoms with E-state index in [1.807, 2.05) is 12.1 Å². The topological polar surface area (TPSA) is 108 Å². The van der Waals surface area contributed by atoms with Crippen molar-refractivity contribution < 1.29 is 4.79 Å². The Morgan fingerprint density at radius 1 is 1.42 bits per heavy atom. The van der Waals surface area contributed by atoms with Gasteiger partial charge in [-0.25, -0.2) is 16.0 Å². The first kappa shape index (κ1) is 11.8. The molecular weight excluding hydrogens is 246 g/mol. The van der Waals surface area contributed by atoms with Gasteiger partial charge >= 0.3 is 0 Å². The van der Waals surface area contributed by atoms with Crippen molar-refractivity contribution in [2.45, 2.75) is 18.5 Å². The second-order valence-corrected chi connectivity index (χ2v) is 4.24. The van der Waals surface area contributed by atoms with Gasteiger partial charge in [-0.1, -0.05) is 6.07 Å². The zero-order valence-electron chi connectivity index (χ0n) is 10.00. The first-order valence-electron chi connectivity index (χ1n) is 5.90. The molecule has 1 aliphatic rings. The van der Waals surface area contributed by atoms with Crippen LogP contribution in [0.5, 0.6) is 0 Å². The number of amides is 1. The number of hydrogen-bond acceptors (Lipinski definition) is 6. The molecule has 3 heterocycles. The molecule has 98 valence electrons. The Labute approximate surface area is 109 Å². The number of H-pyrrole nitrogens is 1. The number of aromatic amines is 1. The third kappa shape index (κ3) is 2.59. The van der Waals surface area contributed by atoms with Crippen LogP contribution >= 0.6 is 0 Å². The summed E-state index contributed by atoms with van der Waals surface area (Å²) in [5, 5.41) is 8.90. The van der Waals surface area contributed by atoms with Crippen LogP contribution in [0.2, 0.25) is 0 Å². The average Bonchev–Trinajstić information content (AvgIpc) is 3.10. The van der Waals surface area contributed by atoms with Crippen LogP contribution in [0.4, 0.5) is 5.95 Å². The Bertz CT molecular complexity index is 541. The molecule has 8 nitrogen and oxygen atoms in total. The van der Waals surface area contributed by atoms with Crippen LogP contribution in [0.25, 0.3) is 0 Å². The Hall–Kier alpha value is -2.32. The van der Waals surface area contributed by atoms with Gasteiger partial charge in [-0.3, -0.25) is 15.1 Å². The van der Waals surface area contributed by atoms with Gasteiger partial charge in [-0.2, -0.15) is 10.1 Å². The largest absolute Gasteiger partial charge is 0.293 e. The van der Waals surface area contributed by atoms with Crippen molar-refractivity contribution in [3.63, 3.8) is 0 Å². The van der Waals surface area contributed by atoms with E-state index in [9.17, 15) is 4.79 Å². The monoisotopic (exact) mass is 259 g/mol. The van der Waals surface area contributed by atoms with E-state index in [0.717, 1.165) is 5.56 Å². The van der Waals surface area contributed by atoms with E-state index >= 15 is 0 Å². The molecule has 1 fully saturated rings. The molecule has 1 amide bonds. The normalized spacial score (nSPS) is 22.3. The fraction of sp³-hybridized carbons (Fsp3) is 0.273. The molecule has 4 N–H and O–H groups in total. The van der Waals surface area contributed by atoms with E-state index in [0.29, 0.717) is 12.4 Å². The van der Waals surface area contributed by atoms with Crippen molar-refractivity contribution in [1.29, 1.82) is 0 Å². The smallest absolute Gasteiger partial charge is 0.245 e. The molecule has 2 atom stereocenters. The lowest BCUT2D eigenvalue weighted by Gasteiger charge is -2.08. The zero-order valence-corrected chi connectivity index (χ0v) is 10.00. The Morgan fingerprint density at radius 2 is 2.37 bits per heavy atom. The highest BCUT2D eigenvalue weighted by molar-refractivity contribution is 5.93. The number of hydrogen-bond donors (Lipinski definition) is 4. The Kier molecular flexibility index (Phi) is 3.17. The summed E-state index contributed by atoms with van der Waals surface area (Å²) < 4.78 is 0. The molecule has 0 spiro atoms. The molecule has 0 aliphatic carbocycles. The van der Waals surface area contributed by atoms with E-state index < -0.39 is 0 Å². The number of carbonyl (C=O) groups excluding carboxylic acids is 1. The minimum Gasteiger partial charge on any atom is -0.293 e. The molecule has 0 aromatic carbocycles. The molecule has 1 saturated heterocycles. The molecule has 2 aromatic heterocycles. The summed E-state index contributed by atoms with van der Waals surface area (Å²) in [6.07, 6.45) is 5.50. The summed E-state index contributed by atoms with van der Waals surface area (Å²) >= 11 is 0. The molecule has 0 saturated carbocycles. The van der Waals surface area contributed by atoms with Crippen LogP contribution in [-0.4, -0.2) is 32.1 Å². The minimum atomic E-state index is -0.324. The predicted octanol–water partition coefficient (Wildman–Crippen LogP) is -0.254. The maximum Gasteiger partial charge on any atom is 0.245 e. The van der Waals surface area contributed by atoms with Crippen molar-refractivity contribution in [3.05, 3.63) is 36.4 Å². The van der Waals surface area contributed by atoms with Crippen molar-refractivity contribution in [2.24, 2.45) is 0 Å². The van der Waals surface area contributed by atoms with Gasteiger partial charge in [0.25, 0.3) is 0 Å². The highest BCUT2D eigenvalue weighted by atomic mass is 16.2. The first-order valence-corrected chi connectivity index (χ1v) is 5.90. The van der Waals surface area contributed by atoms with E-state index in [2.05, 4.69) is 36.3 Å². The Balaban J connectivity index is 1.61. The number of rotatable bonds is 3. The van der Waals surface area contributed by atoms with E-state index in [4.69, 9.17) is 0 Å². The fourth-order valence-electron chi connectivity index (χ4n) is 2.00. The third-order valence-corrected chi connectivity index (χ3v) is 2.96. The number of anilines is 1. The molecule has 0 radical (unpaired) electrons. The number of nitrogens with zero attached hydrogens (tertiary/aromatic N) is 3. The summed E-state index contributed by atoms with van der Waals surface area (Å²) in [4.78, 5) is 19.9. The van der Waals surface area contributed by atoms with Crippen LogP contribution in [0.3, 0.4) is 0 Å². The van der Waals surface area contributed by atoms with Crippen LogP contribution in [0.1, 0.15) is 18.0 Å². The SMILES string of the molecule is O=C(Nc1ncn[nH]1)C1CC(c2cccnc2)NN1. The number of pyridine rings is 1. The average molecular weight is 259 g/mol. The lowest BCUT2D eigenvalue weighted by Crippen LogP contribution is -2.39. The molecule has 1 aliphatic heterocycles. The van der Waals surface area contributed by atoms with Gasteiger partial charge in [0, 0.05) is 18.4 Å². The molecule has 2 unspecified atom stereocenters. The van der Waals surface area contributed by atoms with Gasteiger partial charge < -0.3 is 0 Å². The number of aromatic nitrogens is 4. The number of nitrogens with one attached hydrogen (secondary N) is 4. The molecule has 3 rings (SSSR count). The van der Waals surface area contributed by atoms with Gasteiger partial charge in [0.2, 0.25) is 11.9 Å². The molecule has 19 heavy (non-hydrogen) atoms. The summed E-state index contributed by atoms with van der Waals surface area (Å²) in [6.45, 7) is 0. The van der Waals surface area contributed by atoms with Crippen molar-refractivity contribution in [1.82, 2.24) is 31.0 Å². The van der Waals surface area contributed by atoms with Crippen molar-refractivity contribution in [2.75, 3.05) is 5.32 Å². The molecular formula is C11H13N7O. The summed E-state index contributed by atoms with van der Waals surface area (Å²) in [7, 11) is 0. The van der Waals surface area contributed by atoms with Gasteiger partial charge in [0.1, 0.15) is 12.4 Å². The first-order chi connectivity index (χ1) is 9.33. The highest BCUT2D eigenvalue weighted by Gasteiger charge is 2.30. The third-order valence-electron chi connectivity index (χ3n) is 2.96. The highest BCUT2D eigenvalue weighted by Crippen LogP contribution is 2.21. The predicted molar refractivity (Wildman–Crippen MR) is 66.7 cm³/mol. The van der Waals surface area contributed by atoms with Crippen LogP contribution in [-0.2, 0) is 4.79 Å². The molecule has 2 aromatic rings. The quantitative estimate of drug-likeness (QED) is 0.605. The lowest BCUT2D eigenvalue weighted by atomic mass is 10.0. The lowest BCUT2D eigenvalue weighted by molar-refractivity contribution is -0.117. The van der Waals surface area contributed by atoms with Gasteiger partial charge in [-0.15, -0.1) is 0 Å². The second-order valence-electron chi connectivity index (χ2n) is 4.24. The van der Waals surface area contributed by atoms with Crippen LogP contribution < -0.4 is 16.2 Å². The van der Waals surface area contributed by atoms with E-state index in [-0.39, 0.29) is 18.0 Å². The maximum absolute atomic E-state index is 12.0. The fourth-order valence-corrected chi connectivity index (χ4v) is 2.00. The summed E-state index contributed by atoms with van der Waals surface area (Å²) in [5.41, 5.74) is 7.10. The summed E-state index contributed by atoms with van der Waals surface area (Å²) in [5.74, 6) is 0.187. The Morgan fingerprint density at radius 3 is 3.11 bits per heavy atom. The molecule has 8 heteroatoms. The van der Waals surface area contributed by atoms with Crippen molar-refractivity contribution >= 4 is 11.9 Å². The second kappa shape index (κ2) is 5.12. The van der Waals surface area contributed by atoms with E-state index in [1.165, 1.54) is 6.33 Å². The van der Waals surface area contributed by atoms with E-state index in [1.54, 1.807) is 12.4 Å². The summed E-state index contributed by atoms with van der Waals surface area (Å²) in [6, 6.07) is 3.59. The van der Waals surface area contributed by atoms with Gasteiger partial charge in [0.05, 0.1) is 0 Å². The van der Waals surface area contributed by atoms with Gasteiger partial charge in [-0.05, 0) is 18.1 Å². The number of carbonyl (C=O) groups is 1.